The molecule has 1 amide bonds. The van der Waals surface area contributed by atoms with Gasteiger partial charge in [-0.15, -0.1) is 12.4 Å². The van der Waals surface area contributed by atoms with Crippen LogP contribution in [-0.4, -0.2) is 42.2 Å². The van der Waals surface area contributed by atoms with Crippen molar-refractivity contribution >= 4 is 24.2 Å². The van der Waals surface area contributed by atoms with Crippen LogP contribution in [0.1, 0.15) is 12.5 Å². The number of rotatable bonds is 4. The summed E-state index contributed by atoms with van der Waals surface area (Å²) in [5.74, 6) is 0.942. The van der Waals surface area contributed by atoms with E-state index in [0.717, 1.165) is 0 Å². The highest BCUT2D eigenvalue weighted by atomic mass is 35.5. The molecule has 0 radical (unpaired) electrons. The number of hydrogen-bond donors (Lipinski definition) is 0. The predicted octanol–water partition coefficient (Wildman–Crippen LogP) is 3.03. The fraction of sp³-hybridized carbons (Fsp3) is 0.400. The largest absolute Gasteiger partial charge is 0.491 e. The van der Waals surface area contributed by atoms with E-state index >= 15 is 0 Å². The Kier molecular flexibility index (Phi) is 7.31. The molecule has 0 N–H and O–H groups in total. The highest BCUT2D eigenvalue weighted by Crippen LogP contribution is 2.23. The van der Waals surface area contributed by atoms with Crippen LogP contribution in [0, 0.1) is 17.0 Å². The first-order valence-electron chi connectivity index (χ1n) is 7.16. The fourth-order valence-electron chi connectivity index (χ4n) is 2.08. The number of morpholine rings is 1. The monoisotopic (exact) mass is 358 g/mol. The molecule has 24 heavy (non-hydrogen) atoms. The second kappa shape index (κ2) is 8.97. The van der Waals surface area contributed by atoms with Crippen molar-refractivity contribution in [3.8, 4) is 5.75 Å². The molecule has 1 fully saturated rings. The van der Waals surface area contributed by atoms with E-state index in [-0.39, 0.29) is 24.6 Å². The number of carbonyl (C=O) groups excluding carboxylic acids is 1. The highest BCUT2D eigenvalue weighted by molar-refractivity contribution is 5.85. The minimum absolute atomic E-state index is 0. The van der Waals surface area contributed by atoms with Gasteiger partial charge in [0.15, 0.2) is 5.76 Å². The number of hydrogen-bond acceptors (Lipinski definition) is 6. The third-order valence-corrected chi connectivity index (χ3v) is 3.21. The van der Waals surface area contributed by atoms with Crippen molar-refractivity contribution < 1.29 is 23.9 Å². The van der Waals surface area contributed by atoms with Crippen molar-refractivity contribution in [2.75, 3.05) is 26.3 Å². The zero-order chi connectivity index (χ0) is 16.8. The molecule has 1 aliphatic heterocycles. The number of ether oxygens (including phenoxy) is 3. The summed E-state index contributed by atoms with van der Waals surface area (Å²) in [4.78, 5) is 23.5. The van der Waals surface area contributed by atoms with Gasteiger partial charge in [0.2, 0.25) is 0 Å². The fourth-order valence-corrected chi connectivity index (χ4v) is 2.08. The lowest BCUT2D eigenvalue weighted by Crippen LogP contribution is -2.40. The molecule has 0 unspecified atom stereocenters. The van der Waals surface area contributed by atoms with E-state index in [4.69, 9.17) is 14.2 Å². The number of amides is 1. The summed E-state index contributed by atoms with van der Waals surface area (Å²) in [5, 5.41) is 10.8. The molecule has 1 aromatic carbocycles. The van der Waals surface area contributed by atoms with Crippen LogP contribution >= 0.6 is 12.4 Å². The molecular weight excluding hydrogens is 340 g/mol. The number of aryl methyl sites for hydroxylation is 1. The van der Waals surface area contributed by atoms with Crippen LogP contribution < -0.4 is 4.74 Å². The van der Waals surface area contributed by atoms with Gasteiger partial charge in [-0.3, -0.25) is 15.0 Å². The Morgan fingerprint density at radius 2 is 2.25 bits per heavy atom. The average molecular weight is 359 g/mol. The van der Waals surface area contributed by atoms with Crippen molar-refractivity contribution in [2.45, 2.75) is 13.8 Å². The second-order valence-corrected chi connectivity index (χ2v) is 4.88. The Balaban J connectivity index is 0.00000288. The summed E-state index contributed by atoms with van der Waals surface area (Å²) >= 11 is 0. The van der Waals surface area contributed by atoms with Gasteiger partial charge in [0.1, 0.15) is 18.6 Å². The first-order chi connectivity index (χ1) is 11.0. The minimum Gasteiger partial charge on any atom is -0.491 e. The standard InChI is InChI=1S/C15H18N2O6.ClH/c1-3-21-15(18)16-6-7-22-13(9-16)10-23-12-4-5-14(17(19)20)11(2)8-12;/h4-5,8,10H,3,6-7,9H2,1-2H3;1H. The molecule has 0 bridgehead atoms. The molecule has 9 heteroatoms. The Labute approximate surface area is 145 Å². The summed E-state index contributed by atoms with van der Waals surface area (Å²) in [6, 6.07) is 4.46. The first-order valence-corrected chi connectivity index (χ1v) is 7.16. The molecule has 0 atom stereocenters. The molecule has 1 aromatic rings. The van der Waals surface area contributed by atoms with Gasteiger partial charge < -0.3 is 14.2 Å². The zero-order valence-corrected chi connectivity index (χ0v) is 14.2. The summed E-state index contributed by atoms with van der Waals surface area (Å²) < 4.78 is 15.8. The lowest BCUT2D eigenvalue weighted by atomic mass is 10.2. The van der Waals surface area contributed by atoms with Crippen molar-refractivity contribution in [3.05, 3.63) is 45.9 Å². The lowest BCUT2D eigenvalue weighted by molar-refractivity contribution is -0.385. The van der Waals surface area contributed by atoms with Gasteiger partial charge in [0.25, 0.3) is 5.69 Å². The van der Waals surface area contributed by atoms with Crippen molar-refractivity contribution in [3.63, 3.8) is 0 Å². The number of carbonyl (C=O) groups is 1. The Morgan fingerprint density at radius 3 is 2.88 bits per heavy atom. The summed E-state index contributed by atoms with van der Waals surface area (Å²) in [6.45, 7) is 4.76. The molecule has 1 aliphatic rings. The lowest BCUT2D eigenvalue weighted by Gasteiger charge is -2.27. The average Bonchev–Trinajstić information content (AvgIpc) is 2.53. The predicted molar refractivity (Wildman–Crippen MR) is 88.3 cm³/mol. The summed E-state index contributed by atoms with van der Waals surface area (Å²) in [5.41, 5.74) is 0.538. The maximum Gasteiger partial charge on any atom is 0.410 e. The van der Waals surface area contributed by atoms with Crippen LogP contribution in [0.2, 0.25) is 0 Å². The number of nitro benzene ring substituents is 1. The van der Waals surface area contributed by atoms with Gasteiger partial charge in [-0.05, 0) is 26.0 Å². The van der Waals surface area contributed by atoms with E-state index in [1.165, 1.54) is 23.3 Å². The van der Waals surface area contributed by atoms with E-state index in [1.807, 2.05) is 0 Å². The number of nitro groups is 1. The molecule has 132 valence electrons. The molecule has 0 saturated carbocycles. The Hall–Kier alpha value is -2.48. The van der Waals surface area contributed by atoms with Gasteiger partial charge in [-0.2, -0.15) is 0 Å². The molecular formula is C15H19ClN2O6. The van der Waals surface area contributed by atoms with E-state index in [2.05, 4.69) is 0 Å². The summed E-state index contributed by atoms with van der Waals surface area (Å²) in [6.07, 6.45) is 0.999. The van der Waals surface area contributed by atoms with Crippen LogP contribution in [0.3, 0.4) is 0 Å². The van der Waals surface area contributed by atoms with Crippen LogP contribution in [0.25, 0.3) is 0 Å². The molecule has 1 saturated heterocycles. The number of halogens is 1. The first kappa shape index (κ1) is 19.6. The molecule has 0 aliphatic carbocycles. The van der Waals surface area contributed by atoms with Gasteiger partial charge in [-0.1, -0.05) is 0 Å². The van der Waals surface area contributed by atoms with Crippen LogP contribution in [0.15, 0.2) is 30.2 Å². The molecule has 0 aromatic heterocycles. The molecule has 8 nitrogen and oxygen atoms in total. The van der Waals surface area contributed by atoms with E-state index in [0.29, 0.717) is 36.8 Å². The van der Waals surface area contributed by atoms with Crippen molar-refractivity contribution in [1.29, 1.82) is 0 Å². The third kappa shape index (κ3) is 5.02. The normalized spacial score (nSPS) is 15.2. The second-order valence-electron chi connectivity index (χ2n) is 4.88. The highest BCUT2D eigenvalue weighted by Gasteiger charge is 2.21. The maximum atomic E-state index is 11.7. The van der Waals surface area contributed by atoms with Crippen LogP contribution in [0.5, 0.6) is 5.75 Å². The molecule has 2 rings (SSSR count). The quantitative estimate of drug-likeness (QED) is 0.466. The van der Waals surface area contributed by atoms with Crippen LogP contribution in [0.4, 0.5) is 10.5 Å². The van der Waals surface area contributed by atoms with Crippen molar-refractivity contribution in [2.24, 2.45) is 0 Å². The smallest absolute Gasteiger partial charge is 0.410 e. The minimum atomic E-state index is -0.445. The van der Waals surface area contributed by atoms with Gasteiger partial charge in [-0.25, -0.2) is 4.79 Å². The van der Waals surface area contributed by atoms with Gasteiger partial charge in [0.05, 0.1) is 24.6 Å². The third-order valence-electron chi connectivity index (χ3n) is 3.21. The summed E-state index contributed by atoms with van der Waals surface area (Å²) in [7, 11) is 0. The number of nitrogens with zero attached hydrogens (tertiary/aromatic N) is 2. The maximum absolute atomic E-state index is 11.7. The Morgan fingerprint density at radius 1 is 1.50 bits per heavy atom. The SMILES string of the molecule is CCOC(=O)N1CCOC(=COc2ccc([N+](=O)[O-])c(C)c2)C1.Cl. The van der Waals surface area contributed by atoms with Crippen molar-refractivity contribution in [1.82, 2.24) is 4.90 Å². The van der Waals surface area contributed by atoms with E-state index < -0.39 is 11.0 Å². The molecule has 0 spiro atoms. The Bertz CT molecular complexity index is 634. The van der Waals surface area contributed by atoms with Gasteiger partial charge >= 0.3 is 6.09 Å². The molecule has 1 heterocycles. The zero-order valence-electron chi connectivity index (χ0n) is 13.4. The van der Waals surface area contributed by atoms with Crippen LogP contribution in [-0.2, 0) is 9.47 Å². The number of benzene rings is 1. The van der Waals surface area contributed by atoms with Gasteiger partial charge in [0, 0.05) is 11.6 Å². The van der Waals surface area contributed by atoms with E-state index in [9.17, 15) is 14.9 Å². The van der Waals surface area contributed by atoms with E-state index in [1.54, 1.807) is 19.9 Å². The topological polar surface area (TPSA) is 91.1 Å².